The Morgan fingerprint density at radius 1 is 1.52 bits per heavy atom. The Balaban J connectivity index is 0.00000191. The largest absolute Gasteiger partial charge is 0.398 e. The van der Waals surface area contributed by atoms with E-state index in [2.05, 4.69) is 15.3 Å². The van der Waals surface area contributed by atoms with Crippen molar-refractivity contribution in [2.75, 3.05) is 18.0 Å². The van der Waals surface area contributed by atoms with Gasteiger partial charge in [0.1, 0.15) is 18.6 Å². The van der Waals surface area contributed by atoms with Crippen molar-refractivity contribution in [1.29, 1.82) is 0 Å². The van der Waals surface area contributed by atoms with E-state index in [1.54, 1.807) is 18.2 Å². The highest BCUT2D eigenvalue weighted by Gasteiger charge is 2.06. The lowest BCUT2D eigenvalue weighted by atomic mass is 10.1. The van der Waals surface area contributed by atoms with Crippen LogP contribution in [0.3, 0.4) is 0 Å². The Morgan fingerprint density at radius 2 is 2.19 bits per heavy atom. The van der Waals surface area contributed by atoms with Crippen molar-refractivity contribution < 1.29 is 14.8 Å². The van der Waals surface area contributed by atoms with Crippen LogP contribution in [-0.4, -0.2) is 24.6 Å². The number of nitrogens with one attached hydrogen (secondary N) is 1. The number of hydrazine groups is 1. The third kappa shape index (κ3) is 6.59. The number of nitrogens with zero attached hydrogens (tertiary/aromatic N) is 2. The minimum absolute atomic E-state index is 0.320. The number of carbonyl (C=O) groups excluding carboxylic acids is 1. The van der Waals surface area contributed by atoms with E-state index in [9.17, 15) is 4.79 Å². The first kappa shape index (κ1) is 18.7. The number of amidine groups is 1. The second-order valence-electron chi connectivity index (χ2n) is 3.72. The van der Waals surface area contributed by atoms with E-state index in [1.165, 1.54) is 7.11 Å². The summed E-state index contributed by atoms with van der Waals surface area (Å²) >= 11 is 0. The van der Waals surface area contributed by atoms with Gasteiger partial charge >= 0.3 is 0 Å². The van der Waals surface area contributed by atoms with Gasteiger partial charge in [0.15, 0.2) is 0 Å². The number of hydrogen-bond donors (Lipinski definition) is 4. The van der Waals surface area contributed by atoms with Gasteiger partial charge in [-0.3, -0.25) is 10.0 Å². The van der Waals surface area contributed by atoms with Crippen molar-refractivity contribution in [3.8, 4) is 0 Å². The van der Waals surface area contributed by atoms with Crippen molar-refractivity contribution in [1.82, 2.24) is 5.32 Å². The summed E-state index contributed by atoms with van der Waals surface area (Å²) in [6, 6.07) is 5.06. The van der Waals surface area contributed by atoms with Gasteiger partial charge in [-0.1, -0.05) is 25.1 Å². The molecule has 0 aliphatic carbocycles. The SMILES string of the molecule is CC.CO/N=C(/CCc1ccc(N(N)O)c(N)c1)NC=O. The van der Waals surface area contributed by atoms with E-state index in [0.29, 0.717) is 41.6 Å². The van der Waals surface area contributed by atoms with Crippen molar-refractivity contribution in [3.05, 3.63) is 23.8 Å². The minimum atomic E-state index is 0.320. The number of oxime groups is 1. The maximum atomic E-state index is 10.4. The van der Waals surface area contributed by atoms with Gasteiger partial charge in [-0.2, -0.15) is 5.17 Å². The number of hydrogen-bond acceptors (Lipinski definition) is 7. The molecular weight excluding hydrogens is 274 g/mol. The van der Waals surface area contributed by atoms with Crippen LogP contribution in [-0.2, 0) is 16.1 Å². The highest BCUT2D eigenvalue weighted by atomic mass is 16.6. The molecule has 1 aromatic carbocycles. The van der Waals surface area contributed by atoms with Crippen LogP contribution in [0.4, 0.5) is 11.4 Å². The van der Waals surface area contributed by atoms with Crippen molar-refractivity contribution in [3.63, 3.8) is 0 Å². The van der Waals surface area contributed by atoms with E-state index in [-0.39, 0.29) is 0 Å². The van der Waals surface area contributed by atoms with Crippen LogP contribution in [0.25, 0.3) is 0 Å². The van der Waals surface area contributed by atoms with Crippen molar-refractivity contribution >= 4 is 23.6 Å². The van der Waals surface area contributed by atoms with Gasteiger partial charge < -0.3 is 15.9 Å². The Labute approximate surface area is 124 Å². The number of anilines is 2. The number of nitrogens with two attached hydrogens (primary N) is 2. The number of aryl methyl sites for hydroxylation is 1. The fourth-order valence-corrected chi connectivity index (χ4v) is 1.55. The molecule has 0 saturated heterocycles. The molecule has 0 aliphatic heterocycles. The Morgan fingerprint density at radius 3 is 2.67 bits per heavy atom. The van der Waals surface area contributed by atoms with Gasteiger partial charge in [-0.25, -0.2) is 5.84 Å². The van der Waals surface area contributed by atoms with Gasteiger partial charge in [-0.05, 0) is 24.1 Å². The minimum Gasteiger partial charge on any atom is -0.398 e. The maximum Gasteiger partial charge on any atom is 0.212 e. The van der Waals surface area contributed by atoms with E-state index in [0.717, 1.165) is 5.56 Å². The normalized spacial score (nSPS) is 10.2. The van der Waals surface area contributed by atoms with Crippen LogP contribution in [0.1, 0.15) is 25.8 Å². The molecule has 0 aliphatic rings. The smallest absolute Gasteiger partial charge is 0.212 e. The summed E-state index contributed by atoms with van der Waals surface area (Å²) in [7, 11) is 1.40. The molecule has 6 N–H and O–H groups in total. The zero-order valence-corrected chi connectivity index (χ0v) is 12.5. The molecule has 118 valence electrons. The standard InChI is InChI=1S/C11H17N5O3.C2H6/c1-19-15-11(14-7-17)5-3-8-2-4-10(16(13)18)9(12)6-8;1-2/h2,4,6-7,18H,3,5,12-13H2,1H3,(H,14,15,17);1-2H3. The number of rotatable bonds is 6. The number of benzene rings is 1. The molecular formula is C13H23N5O3. The molecule has 0 heterocycles. The summed E-state index contributed by atoms with van der Waals surface area (Å²) in [4.78, 5) is 15.0. The molecule has 1 aromatic rings. The average molecular weight is 297 g/mol. The lowest BCUT2D eigenvalue weighted by Crippen LogP contribution is -2.27. The maximum absolute atomic E-state index is 10.4. The van der Waals surface area contributed by atoms with E-state index < -0.39 is 0 Å². The van der Waals surface area contributed by atoms with Crippen LogP contribution >= 0.6 is 0 Å². The fraction of sp³-hybridized carbons (Fsp3) is 0.385. The summed E-state index contributed by atoms with van der Waals surface area (Å²) in [5.74, 6) is 5.61. The van der Waals surface area contributed by atoms with Crippen LogP contribution < -0.4 is 22.1 Å². The number of amides is 1. The molecule has 0 bridgehead atoms. The zero-order valence-electron chi connectivity index (χ0n) is 12.5. The van der Waals surface area contributed by atoms with Crippen LogP contribution in [0.5, 0.6) is 0 Å². The third-order valence-corrected chi connectivity index (χ3v) is 2.42. The second kappa shape index (κ2) is 10.5. The lowest BCUT2D eigenvalue weighted by Gasteiger charge is -2.13. The predicted octanol–water partition coefficient (Wildman–Crippen LogP) is 1.00. The average Bonchev–Trinajstić information content (AvgIpc) is 2.47. The summed E-state index contributed by atoms with van der Waals surface area (Å²) < 4.78 is 0. The molecule has 8 heteroatoms. The molecule has 0 saturated carbocycles. The summed E-state index contributed by atoms with van der Waals surface area (Å²) in [6.07, 6.45) is 1.62. The first-order valence-corrected chi connectivity index (χ1v) is 6.50. The Kier molecular flexibility index (Phi) is 9.31. The van der Waals surface area contributed by atoms with Crippen molar-refractivity contribution in [2.24, 2.45) is 11.0 Å². The lowest BCUT2D eigenvalue weighted by molar-refractivity contribution is -0.108. The van der Waals surface area contributed by atoms with E-state index in [4.69, 9.17) is 16.8 Å². The molecule has 0 aromatic heterocycles. The van der Waals surface area contributed by atoms with Crippen LogP contribution in [0.2, 0.25) is 0 Å². The summed E-state index contributed by atoms with van der Waals surface area (Å²) in [5.41, 5.74) is 7.33. The summed E-state index contributed by atoms with van der Waals surface area (Å²) in [6.45, 7) is 4.00. The molecule has 0 spiro atoms. The quantitative estimate of drug-likeness (QED) is 0.155. The number of nitrogen functional groups attached to an aromatic ring is 1. The van der Waals surface area contributed by atoms with Crippen LogP contribution in [0, 0.1) is 0 Å². The van der Waals surface area contributed by atoms with Gasteiger partial charge in [0, 0.05) is 6.42 Å². The molecule has 8 nitrogen and oxygen atoms in total. The highest BCUT2D eigenvalue weighted by Crippen LogP contribution is 2.21. The third-order valence-electron chi connectivity index (χ3n) is 2.42. The molecule has 0 fully saturated rings. The molecule has 0 radical (unpaired) electrons. The molecule has 1 rings (SSSR count). The summed E-state index contributed by atoms with van der Waals surface area (Å²) in [5, 5.41) is 15.7. The van der Waals surface area contributed by atoms with Gasteiger partial charge in [-0.15, -0.1) is 0 Å². The monoisotopic (exact) mass is 297 g/mol. The predicted molar refractivity (Wildman–Crippen MR) is 82.6 cm³/mol. The Bertz CT molecular complexity index is 463. The van der Waals surface area contributed by atoms with Crippen molar-refractivity contribution in [2.45, 2.75) is 26.7 Å². The van der Waals surface area contributed by atoms with Gasteiger partial charge in [0.05, 0.1) is 5.69 Å². The molecule has 1 amide bonds. The molecule has 0 unspecified atom stereocenters. The second-order valence-corrected chi connectivity index (χ2v) is 3.72. The number of carbonyl (C=O) groups is 1. The van der Waals surface area contributed by atoms with E-state index >= 15 is 0 Å². The van der Waals surface area contributed by atoms with E-state index in [1.807, 2.05) is 13.8 Å². The first-order chi connectivity index (χ1) is 10.1. The molecule has 21 heavy (non-hydrogen) atoms. The van der Waals surface area contributed by atoms with Gasteiger partial charge in [0.2, 0.25) is 6.41 Å². The zero-order chi connectivity index (χ0) is 16.3. The first-order valence-electron chi connectivity index (χ1n) is 6.50. The highest BCUT2D eigenvalue weighted by molar-refractivity contribution is 5.90. The Hall–Kier alpha value is -2.32. The van der Waals surface area contributed by atoms with Crippen LogP contribution in [0.15, 0.2) is 23.4 Å². The van der Waals surface area contributed by atoms with Gasteiger partial charge in [0.25, 0.3) is 0 Å². The molecule has 0 atom stereocenters. The topological polar surface area (TPSA) is 126 Å². The fourth-order valence-electron chi connectivity index (χ4n) is 1.55.